The lowest BCUT2D eigenvalue weighted by Gasteiger charge is -2.28. The van der Waals surface area contributed by atoms with Crippen LogP contribution in [0, 0.1) is 6.92 Å². The number of nitrogen functional groups attached to an aromatic ring is 1. The number of aryl methyl sites for hydroxylation is 1. The Morgan fingerprint density at radius 1 is 0.467 bits per heavy atom. The number of pyridine rings is 2. The summed E-state index contributed by atoms with van der Waals surface area (Å²) in [6.07, 6.45) is 12.7. The molecule has 288 valence electrons. The number of nitrogens with zero attached hydrogens (tertiary/aromatic N) is 3. The fourth-order valence-electron chi connectivity index (χ4n) is 7.87. The van der Waals surface area contributed by atoms with Crippen LogP contribution in [-0.4, -0.2) is 9.97 Å². The normalized spacial score (nSPS) is 11.3. The summed E-state index contributed by atoms with van der Waals surface area (Å²) < 4.78 is 0. The van der Waals surface area contributed by atoms with Crippen molar-refractivity contribution in [2.24, 2.45) is 0 Å². The molecule has 0 fully saturated rings. The molecule has 0 bridgehead atoms. The smallest absolute Gasteiger partial charge is 0.0540 e. The maximum absolute atomic E-state index is 7.07. The van der Waals surface area contributed by atoms with E-state index in [4.69, 9.17) is 5.73 Å². The van der Waals surface area contributed by atoms with Crippen molar-refractivity contribution in [3.05, 3.63) is 263 Å². The molecule has 2 N–H and O–H groups in total. The Morgan fingerprint density at radius 3 is 1.60 bits per heavy atom. The topological polar surface area (TPSA) is 55.0 Å². The van der Waals surface area contributed by atoms with Crippen LogP contribution in [0.15, 0.2) is 213 Å². The van der Waals surface area contributed by atoms with E-state index in [-0.39, 0.29) is 0 Å². The molecule has 0 spiro atoms. The number of fused-ring (bicyclic) bond motifs is 1. The van der Waals surface area contributed by atoms with Gasteiger partial charge in [0.1, 0.15) is 0 Å². The second kappa shape index (κ2) is 17.4. The molecule has 0 amide bonds. The molecule has 2 aromatic heterocycles. The molecule has 0 saturated heterocycles. The van der Waals surface area contributed by atoms with Crippen LogP contribution in [0.3, 0.4) is 0 Å². The first-order valence-corrected chi connectivity index (χ1v) is 20.3. The molecule has 9 aromatic rings. The predicted octanol–water partition coefficient (Wildman–Crippen LogP) is 13.8. The van der Waals surface area contributed by atoms with Crippen molar-refractivity contribution in [2.45, 2.75) is 13.3 Å². The van der Waals surface area contributed by atoms with Gasteiger partial charge in [-0.25, -0.2) is 0 Å². The van der Waals surface area contributed by atoms with Crippen LogP contribution >= 0.6 is 0 Å². The Kier molecular flexibility index (Phi) is 10.9. The van der Waals surface area contributed by atoms with Crippen LogP contribution in [0.4, 0.5) is 22.7 Å². The summed E-state index contributed by atoms with van der Waals surface area (Å²) >= 11 is 0. The van der Waals surface area contributed by atoms with E-state index in [1.165, 1.54) is 16.7 Å². The highest BCUT2D eigenvalue weighted by Crippen LogP contribution is 2.42. The standard InChI is InChI=1S/C56H44N4/c1-40-16-24-49(25-17-40)60(56-27-23-47(51-14-8-9-15-52(51)56)37-53(45-28-32-58-33-29-45)46-30-34-59-35-31-46)50-26-22-48(55(57)39-50)38-54(43-12-6-3-7-13-43)44-20-18-42(19-21-44)36-41-10-4-2-5-11-41/h2-35,37-39H,36,57H2,1H3/b54-38+. The van der Waals surface area contributed by atoms with Crippen molar-refractivity contribution < 1.29 is 0 Å². The van der Waals surface area contributed by atoms with Gasteiger partial charge in [-0.1, -0.05) is 139 Å². The molecule has 0 radical (unpaired) electrons. The third-order valence-corrected chi connectivity index (χ3v) is 11.0. The van der Waals surface area contributed by atoms with Gasteiger partial charge in [0.25, 0.3) is 0 Å². The summed E-state index contributed by atoms with van der Waals surface area (Å²) in [6, 6.07) is 66.5. The van der Waals surface area contributed by atoms with Crippen LogP contribution < -0.4 is 10.6 Å². The Labute approximate surface area is 352 Å². The quantitative estimate of drug-likeness (QED) is 0.105. The van der Waals surface area contributed by atoms with Crippen molar-refractivity contribution in [2.75, 3.05) is 10.6 Å². The molecule has 4 nitrogen and oxygen atoms in total. The molecule has 2 heterocycles. The second-order valence-corrected chi connectivity index (χ2v) is 15.0. The highest BCUT2D eigenvalue weighted by Gasteiger charge is 2.18. The Morgan fingerprint density at radius 2 is 0.967 bits per heavy atom. The van der Waals surface area contributed by atoms with Gasteiger partial charge in [0.15, 0.2) is 0 Å². The van der Waals surface area contributed by atoms with E-state index in [1.807, 2.05) is 24.8 Å². The summed E-state index contributed by atoms with van der Waals surface area (Å²) in [5, 5.41) is 2.27. The minimum Gasteiger partial charge on any atom is -0.398 e. The second-order valence-electron chi connectivity index (χ2n) is 15.0. The minimum absolute atomic E-state index is 0.696. The van der Waals surface area contributed by atoms with Crippen molar-refractivity contribution in [3.63, 3.8) is 0 Å². The highest BCUT2D eigenvalue weighted by atomic mass is 15.1. The van der Waals surface area contributed by atoms with E-state index in [9.17, 15) is 0 Å². The first-order chi connectivity index (χ1) is 29.6. The largest absolute Gasteiger partial charge is 0.398 e. The zero-order chi connectivity index (χ0) is 40.7. The van der Waals surface area contributed by atoms with E-state index in [2.05, 4.69) is 222 Å². The Hall–Kier alpha value is -7.82. The van der Waals surface area contributed by atoms with Gasteiger partial charge >= 0.3 is 0 Å². The number of aromatic nitrogens is 2. The fourth-order valence-corrected chi connectivity index (χ4v) is 7.87. The molecular weight excluding hydrogens is 729 g/mol. The average molecular weight is 773 g/mol. The van der Waals surface area contributed by atoms with E-state index < -0.39 is 0 Å². The van der Waals surface area contributed by atoms with Gasteiger partial charge < -0.3 is 10.6 Å². The van der Waals surface area contributed by atoms with Crippen LogP contribution in [-0.2, 0) is 6.42 Å². The van der Waals surface area contributed by atoms with Crippen LogP contribution in [0.1, 0.15) is 50.1 Å². The number of nitrogens with two attached hydrogens (primary N) is 1. The van der Waals surface area contributed by atoms with Gasteiger partial charge in [-0.15, -0.1) is 0 Å². The highest BCUT2D eigenvalue weighted by molar-refractivity contribution is 6.06. The number of hydrogen-bond donors (Lipinski definition) is 1. The molecule has 7 aromatic carbocycles. The van der Waals surface area contributed by atoms with Crippen molar-refractivity contribution >= 4 is 56.8 Å². The molecule has 0 aliphatic carbocycles. The molecule has 9 rings (SSSR count). The molecule has 0 aliphatic rings. The van der Waals surface area contributed by atoms with Crippen LogP contribution in [0.25, 0.3) is 34.1 Å². The third-order valence-electron chi connectivity index (χ3n) is 11.0. The molecule has 60 heavy (non-hydrogen) atoms. The van der Waals surface area contributed by atoms with E-state index >= 15 is 0 Å². The van der Waals surface area contributed by atoms with E-state index in [0.717, 1.165) is 78.8 Å². The van der Waals surface area contributed by atoms with Gasteiger partial charge in [0, 0.05) is 47.2 Å². The lowest BCUT2D eigenvalue weighted by molar-refractivity contribution is 1.19. The zero-order valence-corrected chi connectivity index (χ0v) is 33.5. The lowest BCUT2D eigenvalue weighted by atomic mass is 9.93. The molecule has 0 aliphatic heterocycles. The van der Waals surface area contributed by atoms with Gasteiger partial charge in [-0.2, -0.15) is 0 Å². The number of anilines is 4. The van der Waals surface area contributed by atoms with Crippen LogP contribution in [0.5, 0.6) is 0 Å². The Balaban J connectivity index is 1.13. The van der Waals surface area contributed by atoms with Gasteiger partial charge in [0.05, 0.1) is 5.69 Å². The molecule has 0 unspecified atom stereocenters. The van der Waals surface area contributed by atoms with Crippen molar-refractivity contribution in [1.29, 1.82) is 0 Å². The van der Waals surface area contributed by atoms with Gasteiger partial charge in [-0.3, -0.25) is 9.97 Å². The summed E-state index contributed by atoms with van der Waals surface area (Å²) in [7, 11) is 0. The average Bonchev–Trinajstić information content (AvgIpc) is 3.30. The maximum Gasteiger partial charge on any atom is 0.0540 e. The van der Waals surface area contributed by atoms with Gasteiger partial charge in [0.2, 0.25) is 0 Å². The fraction of sp³-hybridized carbons (Fsp3) is 0.0357. The molecule has 0 atom stereocenters. The molecule has 4 heteroatoms. The number of benzene rings is 7. The summed E-state index contributed by atoms with van der Waals surface area (Å²) in [5.41, 5.74) is 23.4. The summed E-state index contributed by atoms with van der Waals surface area (Å²) in [5.74, 6) is 0. The first kappa shape index (κ1) is 37.7. The number of hydrogen-bond acceptors (Lipinski definition) is 4. The molecular formula is C56H44N4. The maximum atomic E-state index is 7.07. The predicted molar refractivity (Wildman–Crippen MR) is 252 cm³/mol. The SMILES string of the molecule is Cc1ccc(N(c2ccc(/C=C(\c3ccccc3)c3ccc(Cc4ccccc4)cc3)c(N)c2)c2ccc(C=C(c3ccncc3)c3ccncc3)c3ccccc23)cc1. The first-order valence-electron chi connectivity index (χ1n) is 20.3. The van der Waals surface area contributed by atoms with Crippen LogP contribution in [0.2, 0.25) is 0 Å². The van der Waals surface area contributed by atoms with Gasteiger partial charge in [-0.05, 0) is 141 Å². The number of rotatable bonds is 11. The monoisotopic (exact) mass is 772 g/mol. The van der Waals surface area contributed by atoms with E-state index in [1.54, 1.807) is 0 Å². The summed E-state index contributed by atoms with van der Waals surface area (Å²) in [6.45, 7) is 2.12. The Bertz CT molecular complexity index is 2880. The van der Waals surface area contributed by atoms with Crippen molar-refractivity contribution in [1.82, 2.24) is 9.97 Å². The molecule has 0 saturated carbocycles. The van der Waals surface area contributed by atoms with E-state index in [0.29, 0.717) is 5.69 Å². The van der Waals surface area contributed by atoms with Crippen molar-refractivity contribution in [3.8, 4) is 0 Å². The summed E-state index contributed by atoms with van der Waals surface area (Å²) in [4.78, 5) is 10.9. The lowest BCUT2D eigenvalue weighted by Crippen LogP contribution is -2.11. The zero-order valence-electron chi connectivity index (χ0n) is 33.5. The minimum atomic E-state index is 0.696. The third kappa shape index (κ3) is 8.27.